The van der Waals surface area contributed by atoms with Gasteiger partial charge in [0.1, 0.15) is 11.6 Å². The maximum absolute atomic E-state index is 14.0. The largest absolute Gasteiger partial charge is 0.390 e. The smallest absolute Gasteiger partial charge is 0.251 e. The highest BCUT2D eigenvalue weighted by molar-refractivity contribution is 5.94. The van der Waals surface area contributed by atoms with Gasteiger partial charge in [-0.15, -0.1) is 24.8 Å². The maximum Gasteiger partial charge on any atom is 0.251 e. The molecular formula is C34H45Cl2F2N3O3. The second-order valence-corrected chi connectivity index (χ2v) is 11.4. The van der Waals surface area contributed by atoms with Gasteiger partial charge >= 0.3 is 0 Å². The Morgan fingerprint density at radius 3 is 2.45 bits per heavy atom. The van der Waals surface area contributed by atoms with Gasteiger partial charge in [0.2, 0.25) is 0 Å². The van der Waals surface area contributed by atoms with Crippen molar-refractivity contribution in [2.45, 2.75) is 70.8 Å². The van der Waals surface area contributed by atoms with Gasteiger partial charge in [0, 0.05) is 44.4 Å². The minimum atomic E-state index is -1.00. The van der Waals surface area contributed by atoms with E-state index in [0.717, 1.165) is 48.6 Å². The van der Waals surface area contributed by atoms with E-state index in [4.69, 9.17) is 4.74 Å². The third-order valence-electron chi connectivity index (χ3n) is 7.88. The molecule has 1 heterocycles. The molecule has 6 nitrogen and oxygen atoms in total. The van der Waals surface area contributed by atoms with Crippen molar-refractivity contribution in [1.29, 1.82) is 0 Å². The van der Waals surface area contributed by atoms with E-state index < -0.39 is 23.8 Å². The van der Waals surface area contributed by atoms with Crippen LogP contribution in [0.15, 0.2) is 60.7 Å². The topological polar surface area (TPSA) is 73.8 Å². The first-order chi connectivity index (χ1) is 20.2. The van der Waals surface area contributed by atoms with Crippen molar-refractivity contribution in [1.82, 2.24) is 15.5 Å². The molecule has 0 aliphatic carbocycles. The van der Waals surface area contributed by atoms with E-state index in [-0.39, 0.29) is 43.7 Å². The minimum Gasteiger partial charge on any atom is -0.390 e. The van der Waals surface area contributed by atoms with Gasteiger partial charge in [0.15, 0.2) is 0 Å². The van der Waals surface area contributed by atoms with Gasteiger partial charge in [-0.1, -0.05) is 42.8 Å². The zero-order valence-electron chi connectivity index (χ0n) is 25.7. The summed E-state index contributed by atoms with van der Waals surface area (Å²) in [4.78, 5) is 15.9. The molecule has 1 aliphatic rings. The maximum atomic E-state index is 14.0. The van der Waals surface area contributed by atoms with Gasteiger partial charge in [-0.05, 0) is 85.7 Å². The van der Waals surface area contributed by atoms with Crippen molar-refractivity contribution < 1.29 is 23.4 Å². The molecule has 10 heteroatoms. The molecular weight excluding hydrogens is 607 g/mol. The number of nitrogens with one attached hydrogen (secondary N) is 2. The van der Waals surface area contributed by atoms with Gasteiger partial charge in [-0.3, -0.25) is 9.69 Å². The molecule has 0 unspecified atom stereocenters. The zero-order chi connectivity index (χ0) is 30.1. The van der Waals surface area contributed by atoms with Crippen molar-refractivity contribution in [2.75, 3.05) is 26.8 Å². The molecule has 1 aliphatic heterocycles. The summed E-state index contributed by atoms with van der Waals surface area (Å²) in [6.45, 7) is 7.16. The summed E-state index contributed by atoms with van der Waals surface area (Å²) in [7, 11) is 1.72. The minimum absolute atomic E-state index is 0. The zero-order valence-corrected chi connectivity index (χ0v) is 27.3. The van der Waals surface area contributed by atoms with Crippen molar-refractivity contribution in [3.8, 4) is 0 Å². The number of aryl methyl sites for hydroxylation is 2. The summed E-state index contributed by atoms with van der Waals surface area (Å²) in [6, 6.07) is 16.8. The lowest BCUT2D eigenvalue weighted by Crippen LogP contribution is -2.48. The lowest BCUT2D eigenvalue weighted by Gasteiger charge is -2.26. The second kappa shape index (κ2) is 18.4. The molecule has 0 bridgehead atoms. The lowest BCUT2D eigenvalue weighted by atomic mass is 9.99. The van der Waals surface area contributed by atoms with Crippen LogP contribution in [0.3, 0.4) is 0 Å². The summed E-state index contributed by atoms with van der Waals surface area (Å²) in [6.07, 6.45) is 2.20. The van der Waals surface area contributed by atoms with Gasteiger partial charge in [-0.25, -0.2) is 8.78 Å². The number of halogens is 4. The monoisotopic (exact) mass is 651 g/mol. The third kappa shape index (κ3) is 11.1. The Balaban J connectivity index is 0.00000337. The summed E-state index contributed by atoms with van der Waals surface area (Å²) >= 11 is 0. The Bertz CT molecular complexity index is 1330. The number of aliphatic hydroxyl groups excluding tert-OH is 1. The molecule has 1 amide bonds. The van der Waals surface area contributed by atoms with Crippen LogP contribution in [0, 0.1) is 18.6 Å². The summed E-state index contributed by atoms with van der Waals surface area (Å²) in [5.74, 6) is -1.74. The van der Waals surface area contributed by atoms with Crippen LogP contribution in [0.2, 0.25) is 0 Å². The number of carbonyl (C=O) groups is 1. The van der Waals surface area contributed by atoms with Gasteiger partial charge in [0.25, 0.3) is 5.91 Å². The van der Waals surface area contributed by atoms with Crippen LogP contribution in [0.4, 0.5) is 8.78 Å². The first kappa shape index (κ1) is 37.6. The van der Waals surface area contributed by atoms with E-state index in [0.29, 0.717) is 36.9 Å². The van der Waals surface area contributed by atoms with Crippen LogP contribution in [0.1, 0.15) is 57.9 Å². The summed E-state index contributed by atoms with van der Waals surface area (Å²) in [5, 5.41) is 17.4. The van der Waals surface area contributed by atoms with E-state index in [1.165, 1.54) is 17.7 Å². The van der Waals surface area contributed by atoms with Crippen LogP contribution < -0.4 is 10.6 Å². The van der Waals surface area contributed by atoms with E-state index >= 15 is 0 Å². The van der Waals surface area contributed by atoms with E-state index in [1.807, 2.05) is 31.2 Å². The van der Waals surface area contributed by atoms with E-state index in [9.17, 15) is 18.7 Å². The molecule has 1 fully saturated rings. The lowest BCUT2D eigenvalue weighted by molar-refractivity contribution is 0.0829. The Labute approximate surface area is 272 Å². The molecule has 0 spiro atoms. The first-order valence-corrected chi connectivity index (χ1v) is 14.8. The van der Waals surface area contributed by atoms with Crippen LogP contribution in [0.5, 0.6) is 0 Å². The van der Waals surface area contributed by atoms with Crippen LogP contribution in [-0.4, -0.2) is 60.9 Å². The highest BCUT2D eigenvalue weighted by atomic mass is 35.5. The Morgan fingerprint density at radius 2 is 1.75 bits per heavy atom. The number of hydrogen-bond acceptors (Lipinski definition) is 5. The number of hydrogen-bond donors (Lipinski definition) is 3. The molecule has 242 valence electrons. The van der Waals surface area contributed by atoms with Crippen molar-refractivity contribution in [2.24, 2.45) is 0 Å². The molecule has 1 saturated heterocycles. The number of carbonyl (C=O) groups excluding carboxylic acids is 1. The number of amides is 1. The summed E-state index contributed by atoms with van der Waals surface area (Å²) in [5.41, 5.74) is 5.15. The van der Waals surface area contributed by atoms with Crippen molar-refractivity contribution >= 4 is 30.7 Å². The molecule has 3 aromatic carbocycles. The SMILES string of the molecule is CCc1cccc(CNC[C@H](O)[C@H](Cc2cc(F)cc(F)c2)NC(=O)c2cc(C)cc(CN3CCC[C@H]3COC)c2)c1.Cl.Cl. The Hall–Kier alpha value is -2.59. The molecule has 3 N–H and O–H groups in total. The molecule has 4 rings (SSSR count). The molecule has 0 aromatic heterocycles. The fourth-order valence-electron chi connectivity index (χ4n) is 5.79. The Kier molecular flexibility index (Phi) is 15.7. The highest BCUT2D eigenvalue weighted by Gasteiger charge is 2.26. The van der Waals surface area contributed by atoms with Crippen molar-refractivity contribution in [3.63, 3.8) is 0 Å². The van der Waals surface area contributed by atoms with Crippen LogP contribution in [-0.2, 0) is 30.7 Å². The number of methoxy groups -OCH3 is 1. The normalized spacial score (nSPS) is 16.1. The van der Waals surface area contributed by atoms with E-state index in [1.54, 1.807) is 7.11 Å². The van der Waals surface area contributed by atoms with Crippen LogP contribution >= 0.6 is 24.8 Å². The van der Waals surface area contributed by atoms with Gasteiger partial charge in [0.05, 0.1) is 18.8 Å². The predicted octanol–water partition coefficient (Wildman–Crippen LogP) is 5.78. The third-order valence-corrected chi connectivity index (χ3v) is 7.88. The standard InChI is InChI=1S/C34H43F2N3O3.2ClH/c1-4-24-7-5-8-25(13-24)19-37-20-33(40)32(17-26-15-29(35)18-30(36)16-26)38-34(41)28-12-23(2)11-27(14-28)21-39-10-6-9-31(39)22-42-3;;/h5,7-8,11-16,18,31-33,37,40H,4,6,9-10,17,19-22H2,1-3H3,(H,38,41);2*1H/t31-,32-,33-;;/m0../s1. The van der Waals surface area contributed by atoms with Gasteiger partial charge < -0.3 is 20.5 Å². The van der Waals surface area contributed by atoms with Crippen LogP contribution in [0.25, 0.3) is 0 Å². The van der Waals surface area contributed by atoms with Crippen molar-refractivity contribution in [3.05, 3.63) is 106 Å². The number of ether oxygens (including phenoxy) is 1. The second-order valence-electron chi connectivity index (χ2n) is 11.4. The average molecular weight is 653 g/mol. The van der Waals surface area contributed by atoms with Gasteiger partial charge in [-0.2, -0.15) is 0 Å². The fourth-order valence-corrected chi connectivity index (χ4v) is 5.79. The predicted molar refractivity (Wildman–Crippen MR) is 176 cm³/mol. The summed E-state index contributed by atoms with van der Waals surface area (Å²) < 4.78 is 33.3. The highest BCUT2D eigenvalue weighted by Crippen LogP contribution is 2.22. The first-order valence-electron chi connectivity index (χ1n) is 14.8. The number of likely N-dealkylation sites (tertiary alicyclic amines) is 1. The Morgan fingerprint density at radius 1 is 1.02 bits per heavy atom. The number of rotatable bonds is 14. The molecule has 0 saturated carbocycles. The van der Waals surface area contributed by atoms with E-state index in [2.05, 4.69) is 40.7 Å². The molecule has 3 aromatic rings. The molecule has 3 atom stereocenters. The average Bonchev–Trinajstić information content (AvgIpc) is 3.38. The number of benzene rings is 3. The number of nitrogens with zero attached hydrogens (tertiary/aromatic N) is 1. The number of aliphatic hydroxyl groups is 1. The quantitative estimate of drug-likeness (QED) is 0.206. The molecule has 44 heavy (non-hydrogen) atoms. The molecule has 0 radical (unpaired) electrons. The fraction of sp³-hybridized carbons (Fsp3) is 0.441.